The smallest absolute Gasteiger partial charge is 0.151 e. The summed E-state index contributed by atoms with van der Waals surface area (Å²) in [7, 11) is 1.05. The van der Waals surface area contributed by atoms with E-state index in [2.05, 4.69) is 9.80 Å². The van der Waals surface area contributed by atoms with Crippen molar-refractivity contribution in [2.45, 2.75) is 32.2 Å². The SMILES string of the molecule is CCS(=O)(=O)CCCC(=O)C1CN(C)CCCN1C. The van der Waals surface area contributed by atoms with Crippen molar-refractivity contribution in [1.82, 2.24) is 9.80 Å². The van der Waals surface area contributed by atoms with Gasteiger partial charge in [-0.25, -0.2) is 8.42 Å². The lowest BCUT2D eigenvalue weighted by molar-refractivity contribution is -0.124. The van der Waals surface area contributed by atoms with Gasteiger partial charge in [-0.05, 0) is 40.0 Å². The molecule has 6 heteroatoms. The van der Waals surface area contributed by atoms with Gasteiger partial charge in [-0.2, -0.15) is 0 Å². The van der Waals surface area contributed by atoms with E-state index in [4.69, 9.17) is 0 Å². The normalized spacial score (nSPS) is 23.2. The Bertz CT molecular complexity index is 395. The van der Waals surface area contributed by atoms with Crippen molar-refractivity contribution < 1.29 is 13.2 Å². The molecule has 0 aromatic carbocycles. The highest BCUT2D eigenvalue weighted by atomic mass is 32.2. The molecule has 19 heavy (non-hydrogen) atoms. The molecule has 1 heterocycles. The molecule has 0 aromatic heterocycles. The fourth-order valence-corrected chi connectivity index (χ4v) is 3.27. The summed E-state index contributed by atoms with van der Waals surface area (Å²) in [6.45, 7) is 4.33. The van der Waals surface area contributed by atoms with Crippen molar-refractivity contribution >= 4 is 15.6 Å². The van der Waals surface area contributed by atoms with E-state index in [1.165, 1.54) is 0 Å². The van der Waals surface area contributed by atoms with E-state index in [0.717, 1.165) is 26.1 Å². The summed E-state index contributed by atoms with van der Waals surface area (Å²) in [5, 5.41) is 0. The maximum absolute atomic E-state index is 12.2. The molecule has 0 amide bonds. The number of nitrogens with zero attached hydrogens (tertiary/aromatic N) is 2. The number of sulfone groups is 1. The van der Waals surface area contributed by atoms with Crippen LogP contribution in [-0.4, -0.2) is 75.3 Å². The van der Waals surface area contributed by atoms with Crippen molar-refractivity contribution in [3.8, 4) is 0 Å². The number of carbonyl (C=O) groups excluding carboxylic acids is 1. The maximum atomic E-state index is 12.2. The summed E-state index contributed by atoms with van der Waals surface area (Å²) in [4.78, 5) is 16.5. The number of carbonyl (C=O) groups is 1. The first-order valence-corrected chi connectivity index (χ1v) is 8.80. The molecule has 0 saturated carbocycles. The summed E-state index contributed by atoms with van der Waals surface area (Å²) in [5.41, 5.74) is 0. The molecule has 1 unspecified atom stereocenters. The van der Waals surface area contributed by atoms with Gasteiger partial charge in [0.15, 0.2) is 5.78 Å². The zero-order valence-corrected chi connectivity index (χ0v) is 13.1. The van der Waals surface area contributed by atoms with Gasteiger partial charge >= 0.3 is 0 Å². The fraction of sp³-hybridized carbons (Fsp3) is 0.923. The third-order valence-corrected chi connectivity index (χ3v) is 5.55. The highest BCUT2D eigenvalue weighted by Crippen LogP contribution is 2.11. The first-order chi connectivity index (χ1) is 8.85. The first kappa shape index (κ1) is 16.6. The third kappa shape index (κ3) is 5.58. The summed E-state index contributed by atoms with van der Waals surface area (Å²) in [6.07, 6.45) is 1.88. The van der Waals surface area contributed by atoms with Crippen molar-refractivity contribution in [2.75, 3.05) is 45.2 Å². The van der Waals surface area contributed by atoms with Gasteiger partial charge in [-0.3, -0.25) is 9.69 Å². The Morgan fingerprint density at radius 1 is 1.26 bits per heavy atom. The predicted molar refractivity (Wildman–Crippen MR) is 77.1 cm³/mol. The average molecular weight is 290 g/mol. The minimum absolute atomic E-state index is 0.0863. The average Bonchev–Trinajstić information content (AvgIpc) is 2.51. The van der Waals surface area contributed by atoms with E-state index in [0.29, 0.717) is 12.8 Å². The fourth-order valence-electron chi connectivity index (χ4n) is 2.40. The van der Waals surface area contributed by atoms with E-state index in [-0.39, 0.29) is 23.3 Å². The van der Waals surface area contributed by atoms with Crippen LogP contribution >= 0.6 is 0 Å². The third-order valence-electron chi connectivity index (χ3n) is 3.76. The number of ketones is 1. The van der Waals surface area contributed by atoms with Crippen molar-refractivity contribution in [1.29, 1.82) is 0 Å². The molecule has 5 nitrogen and oxygen atoms in total. The quantitative estimate of drug-likeness (QED) is 0.709. The molecule has 1 fully saturated rings. The second kappa shape index (κ2) is 7.36. The molecule has 1 aliphatic rings. The van der Waals surface area contributed by atoms with Crippen LogP contribution in [0, 0.1) is 0 Å². The molecule has 0 aromatic rings. The Hall–Kier alpha value is -0.460. The Morgan fingerprint density at radius 3 is 2.58 bits per heavy atom. The summed E-state index contributed by atoms with van der Waals surface area (Å²) >= 11 is 0. The number of likely N-dealkylation sites (N-methyl/N-ethyl adjacent to an activating group) is 2. The van der Waals surface area contributed by atoms with E-state index < -0.39 is 9.84 Å². The van der Waals surface area contributed by atoms with Gasteiger partial charge in [0.25, 0.3) is 0 Å². The lowest BCUT2D eigenvalue weighted by Gasteiger charge is -2.26. The van der Waals surface area contributed by atoms with Crippen LogP contribution in [0.2, 0.25) is 0 Å². The molecule has 0 spiro atoms. The van der Waals surface area contributed by atoms with Gasteiger partial charge in [0.05, 0.1) is 11.8 Å². The highest BCUT2D eigenvalue weighted by molar-refractivity contribution is 7.91. The van der Waals surface area contributed by atoms with Gasteiger partial charge in [0, 0.05) is 18.7 Å². The largest absolute Gasteiger partial charge is 0.304 e. The van der Waals surface area contributed by atoms with E-state index in [1.54, 1.807) is 6.92 Å². The van der Waals surface area contributed by atoms with Crippen LogP contribution in [-0.2, 0) is 14.6 Å². The highest BCUT2D eigenvalue weighted by Gasteiger charge is 2.26. The van der Waals surface area contributed by atoms with Gasteiger partial charge in [-0.15, -0.1) is 0 Å². The summed E-state index contributed by atoms with van der Waals surface area (Å²) in [6, 6.07) is -0.0863. The molecular weight excluding hydrogens is 264 g/mol. The molecule has 0 radical (unpaired) electrons. The lowest BCUT2D eigenvalue weighted by atomic mass is 10.1. The molecule has 1 aliphatic heterocycles. The number of hydrogen-bond donors (Lipinski definition) is 0. The van der Waals surface area contributed by atoms with E-state index in [9.17, 15) is 13.2 Å². The predicted octanol–water partition coefficient (Wildman–Crippen LogP) is 0.406. The van der Waals surface area contributed by atoms with Gasteiger partial charge < -0.3 is 4.90 Å². The summed E-state index contributed by atoms with van der Waals surface area (Å²) < 4.78 is 22.8. The molecule has 1 saturated heterocycles. The minimum atomic E-state index is -2.95. The Kier molecular flexibility index (Phi) is 6.42. The molecule has 0 N–H and O–H groups in total. The topological polar surface area (TPSA) is 57.7 Å². The zero-order valence-electron chi connectivity index (χ0n) is 12.3. The number of hydrogen-bond acceptors (Lipinski definition) is 5. The molecular formula is C13H26N2O3S. The van der Waals surface area contributed by atoms with Crippen LogP contribution in [0.5, 0.6) is 0 Å². The lowest BCUT2D eigenvalue weighted by Crippen LogP contribution is -2.43. The molecule has 0 bridgehead atoms. The van der Waals surface area contributed by atoms with Crippen molar-refractivity contribution in [2.24, 2.45) is 0 Å². The maximum Gasteiger partial charge on any atom is 0.151 e. The van der Waals surface area contributed by atoms with E-state index in [1.807, 2.05) is 14.1 Å². The van der Waals surface area contributed by atoms with Crippen LogP contribution in [0.4, 0.5) is 0 Å². The van der Waals surface area contributed by atoms with Crippen LogP contribution in [0.3, 0.4) is 0 Å². The number of Topliss-reactive ketones (excluding diaryl/α,β-unsaturated/α-hetero) is 1. The second-order valence-corrected chi connectivity index (χ2v) is 7.89. The standard InChI is InChI=1S/C13H26N2O3S/c1-4-19(17,18)10-5-7-13(16)12-11-14(2)8-6-9-15(12)3/h12H,4-11H2,1-3H3. The van der Waals surface area contributed by atoms with E-state index >= 15 is 0 Å². The summed E-state index contributed by atoms with van der Waals surface area (Å²) in [5.74, 6) is 0.456. The van der Waals surface area contributed by atoms with Crippen LogP contribution < -0.4 is 0 Å². The van der Waals surface area contributed by atoms with Crippen LogP contribution in [0.25, 0.3) is 0 Å². The Balaban J connectivity index is 2.47. The number of rotatable bonds is 6. The monoisotopic (exact) mass is 290 g/mol. The zero-order chi connectivity index (χ0) is 14.5. The second-order valence-electron chi connectivity index (χ2n) is 5.42. The van der Waals surface area contributed by atoms with Crippen LogP contribution in [0.1, 0.15) is 26.2 Å². The molecule has 112 valence electrons. The molecule has 0 aliphatic carbocycles. The van der Waals surface area contributed by atoms with Gasteiger partial charge in [0.2, 0.25) is 0 Å². The van der Waals surface area contributed by atoms with Crippen molar-refractivity contribution in [3.63, 3.8) is 0 Å². The Morgan fingerprint density at radius 2 is 1.95 bits per heavy atom. The minimum Gasteiger partial charge on any atom is -0.304 e. The van der Waals surface area contributed by atoms with Crippen LogP contribution in [0.15, 0.2) is 0 Å². The van der Waals surface area contributed by atoms with Gasteiger partial charge in [-0.1, -0.05) is 6.92 Å². The first-order valence-electron chi connectivity index (χ1n) is 6.97. The molecule has 1 atom stereocenters. The Labute approximate surface area is 116 Å². The van der Waals surface area contributed by atoms with Gasteiger partial charge in [0.1, 0.15) is 9.84 Å². The molecule has 1 rings (SSSR count). The van der Waals surface area contributed by atoms with Crippen molar-refractivity contribution in [3.05, 3.63) is 0 Å².